The highest BCUT2D eigenvalue weighted by molar-refractivity contribution is 5.90. The number of likely N-dealkylation sites (N-methyl/N-ethyl adjacent to an activating group) is 1. The number of methoxy groups -OCH3 is 1. The van der Waals surface area contributed by atoms with Gasteiger partial charge in [0, 0.05) is 18.0 Å². The monoisotopic (exact) mass is 350 g/mol. The Morgan fingerprint density at radius 2 is 2.17 bits per heavy atom. The second-order valence-corrected chi connectivity index (χ2v) is 7.44. The lowest BCUT2D eigenvalue weighted by atomic mass is 9.49. The molecular formula is C18H21ClNO4-. The number of Topliss-reactive ketones (excluding diaryl/α,β-unsaturated/α-hetero) is 1. The molecule has 4 atom stereocenters. The number of likely N-dealkylation sites (tertiary alicyclic amines) is 1. The third kappa shape index (κ3) is 1.52. The first-order chi connectivity index (χ1) is 11.0. The van der Waals surface area contributed by atoms with Gasteiger partial charge in [-0.1, -0.05) is 6.07 Å². The second-order valence-electron chi connectivity index (χ2n) is 7.44. The van der Waals surface area contributed by atoms with Crippen LogP contribution in [-0.2, 0) is 16.6 Å². The van der Waals surface area contributed by atoms with Crippen molar-refractivity contribution in [3.05, 3.63) is 23.3 Å². The molecule has 1 saturated carbocycles. The number of halogens is 1. The minimum absolute atomic E-state index is 0. The van der Waals surface area contributed by atoms with Gasteiger partial charge in [-0.3, -0.25) is 4.79 Å². The molecule has 0 amide bonds. The molecule has 6 heteroatoms. The van der Waals surface area contributed by atoms with Gasteiger partial charge in [0.1, 0.15) is 0 Å². The summed E-state index contributed by atoms with van der Waals surface area (Å²) in [7, 11) is 3.70. The van der Waals surface area contributed by atoms with Crippen molar-refractivity contribution in [3.8, 4) is 11.5 Å². The SMILES string of the molecule is COc1ccc2c3c1OC1C(=O)CC[C@@]4(O)[C@@H](C2)N(C)CC[C@]314.[Cl-]. The van der Waals surface area contributed by atoms with E-state index in [1.807, 2.05) is 6.07 Å². The highest BCUT2D eigenvalue weighted by atomic mass is 35.5. The highest BCUT2D eigenvalue weighted by Crippen LogP contribution is 2.64. The van der Waals surface area contributed by atoms with Crippen molar-refractivity contribution in [3.63, 3.8) is 0 Å². The summed E-state index contributed by atoms with van der Waals surface area (Å²) in [6.45, 7) is 0.871. The van der Waals surface area contributed by atoms with Gasteiger partial charge in [0.2, 0.25) is 0 Å². The van der Waals surface area contributed by atoms with Crippen LogP contribution in [0.25, 0.3) is 0 Å². The Morgan fingerprint density at radius 3 is 2.92 bits per heavy atom. The quantitative estimate of drug-likeness (QED) is 0.638. The maximum Gasteiger partial charge on any atom is 0.174 e. The maximum absolute atomic E-state index is 12.7. The lowest BCUT2D eigenvalue weighted by Crippen LogP contribution is -3.00. The van der Waals surface area contributed by atoms with Crippen molar-refractivity contribution >= 4 is 5.78 Å². The summed E-state index contributed by atoms with van der Waals surface area (Å²) >= 11 is 0. The summed E-state index contributed by atoms with van der Waals surface area (Å²) in [5.74, 6) is 1.47. The molecule has 2 bridgehead atoms. The topological polar surface area (TPSA) is 59.0 Å². The lowest BCUT2D eigenvalue weighted by molar-refractivity contribution is -0.185. The fraction of sp³-hybridized carbons (Fsp3) is 0.611. The number of carbonyl (C=O) groups excluding carboxylic acids is 1. The van der Waals surface area contributed by atoms with Crippen LogP contribution in [0.15, 0.2) is 12.1 Å². The van der Waals surface area contributed by atoms with Crippen molar-refractivity contribution in [2.24, 2.45) is 0 Å². The molecule has 5 nitrogen and oxygen atoms in total. The number of ether oxygens (including phenoxy) is 2. The number of carbonyl (C=O) groups is 1. The van der Waals surface area contributed by atoms with Crippen LogP contribution in [0.2, 0.25) is 0 Å². The third-order valence-electron chi connectivity index (χ3n) is 6.73. The first-order valence-electron chi connectivity index (χ1n) is 8.35. The molecule has 130 valence electrons. The Balaban J connectivity index is 0.00000146. The van der Waals surface area contributed by atoms with Crippen LogP contribution in [0, 0.1) is 0 Å². The normalized spacial score (nSPS) is 38.9. The molecule has 1 saturated heterocycles. The summed E-state index contributed by atoms with van der Waals surface area (Å²) in [6.07, 6.45) is 1.89. The molecule has 1 N–H and O–H groups in total. The summed E-state index contributed by atoms with van der Waals surface area (Å²) in [5, 5.41) is 11.7. The van der Waals surface area contributed by atoms with Gasteiger partial charge in [-0.15, -0.1) is 0 Å². The smallest absolute Gasteiger partial charge is 0.174 e. The molecule has 2 heterocycles. The van der Waals surface area contributed by atoms with Gasteiger partial charge in [-0.05, 0) is 44.5 Å². The van der Waals surface area contributed by atoms with Crippen LogP contribution >= 0.6 is 0 Å². The molecule has 24 heavy (non-hydrogen) atoms. The van der Waals surface area contributed by atoms with Crippen molar-refractivity contribution in [2.45, 2.75) is 48.8 Å². The Hall–Kier alpha value is -1.30. The zero-order valence-corrected chi connectivity index (χ0v) is 14.6. The molecule has 4 aliphatic rings. The van der Waals surface area contributed by atoms with E-state index < -0.39 is 17.1 Å². The Bertz CT molecular complexity index is 738. The number of ketones is 1. The minimum atomic E-state index is -0.900. The van der Waals surface area contributed by atoms with E-state index in [1.54, 1.807) is 7.11 Å². The predicted molar refractivity (Wildman–Crippen MR) is 83.0 cm³/mol. The molecule has 1 aromatic carbocycles. The number of hydrogen-bond donors (Lipinski definition) is 1. The van der Waals surface area contributed by atoms with Gasteiger partial charge in [0.15, 0.2) is 23.4 Å². The van der Waals surface area contributed by atoms with Crippen molar-refractivity contribution in [2.75, 3.05) is 20.7 Å². The number of aliphatic hydroxyl groups is 1. The second kappa shape index (κ2) is 4.87. The fourth-order valence-corrected chi connectivity index (χ4v) is 5.69. The van der Waals surface area contributed by atoms with E-state index >= 15 is 0 Å². The molecule has 1 aromatic rings. The van der Waals surface area contributed by atoms with E-state index in [4.69, 9.17) is 9.47 Å². The Labute approximate surface area is 147 Å². The van der Waals surface area contributed by atoms with Crippen LogP contribution in [0.5, 0.6) is 11.5 Å². The third-order valence-corrected chi connectivity index (χ3v) is 6.73. The number of rotatable bonds is 1. The van der Waals surface area contributed by atoms with Crippen molar-refractivity contribution in [1.29, 1.82) is 0 Å². The van der Waals surface area contributed by atoms with Crippen LogP contribution in [0.4, 0.5) is 0 Å². The van der Waals surface area contributed by atoms with Gasteiger partial charge < -0.3 is 31.9 Å². The van der Waals surface area contributed by atoms with Gasteiger partial charge in [0.05, 0.1) is 18.1 Å². The largest absolute Gasteiger partial charge is 1.00 e. The Morgan fingerprint density at radius 1 is 1.38 bits per heavy atom. The maximum atomic E-state index is 12.7. The summed E-state index contributed by atoms with van der Waals surface area (Å²) in [4.78, 5) is 14.9. The van der Waals surface area contributed by atoms with Crippen LogP contribution in [0.1, 0.15) is 30.4 Å². The number of nitrogens with zero attached hydrogens (tertiary/aromatic N) is 1. The van der Waals surface area contributed by atoms with E-state index in [2.05, 4.69) is 18.0 Å². The fourth-order valence-electron chi connectivity index (χ4n) is 5.69. The average molecular weight is 351 g/mol. The molecule has 1 spiro atoms. The standard InChI is InChI=1S/C18H21NO4.ClH/c1-19-8-7-17-14-10-3-4-12(22-2)15(14)23-16(17)11(20)5-6-18(17,21)13(19)9-10;/h3-4,13,16,21H,5-9H2,1-2H3;1H/p-1/t13-,16?,17+,18-;/m1./s1. The summed E-state index contributed by atoms with van der Waals surface area (Å²) in [5.41, 5.74) is 0.737. The van der Waals surface area contributed by atoms with Gasteiger partial charge in [-0.2, -0.15) is 0 Å². The van der Waals surface area contributed by atoms with Crippen molar-refractivity contribution < 1.29 is 31.8 Å². The van der Waals surface area contributed by atoms with Crippen LogP contribution in [-0.4, -0.2) is 54.2 Å². The molecule has 0 aromatic heterocycles. The molecule has 2 aliphatic heterocycles. The molecule has 0 radical (unpaired) electrons. The summed E-state index contributed by atoms with van der Waals surface area (Å²) < 4.78 is 11.6. The molecular weight excluding hydrogens is 330 g/mol. The molecule has 1 unspecified atom stereocenters. The van der Waals surface area contributed by atoms with Gasteiger partial charge in [0.25, 0.3) is 0 Å². The Kier molecular flexibility index (Phi) is 3.28. The highest BCUT2D eigenvalue weighted by Gasteiger charge is 2.72. The van der Waals surface area contributed by atoms with E-state index in [9.17, 15) is 9.90 Å². The van der Waals surface area contributed by atoms with E-state index in [-0.39, 0.29) is 24.2 Å². The zero-order valence-electron chi connectivity index (χ0n) is 13.8. The van der Waals surface area contributed by atoms with E-state index in [0.717, 1.165) is 24.9 Å². The van der Waals surface area contributed by atoms with Crippen LogP contribution < -0.4 is 21.9 Å². The van der Waals surface area contributed by atoms with Crippen molar-refractivity contribution in [1.82, 2.24) is 4.90 Å². The average Bonchev–Trinajstić information content (AvgIpc) is 2.90. The molecule has 5 rings (SSSR count). The molecule has 2 fully saturated rings. The van der Waals surface area contributed by atoms with Gasteiger partial charge in [-0.25, -0.2) is 0 Å². The van der Waals surface area contributed by atoms with E-state index in [0.29, 0.717) is 24.3 Å². The molecule has 2 aliphatic carbocycles. The number of piperidine rings is 1. The zero-order chi connectivity index (χ0) is 16.0. The lowest BCUT2D eigenvalue weighted by Gasteiger charge is -2.62. The van der Waals surface area contributed by atoms with E-state index in [1.165, 1.54) is 5.56 Å². The summed E-state index contributed by atoms with van der Waals surface area (Å²) in [6, 6.07) is 4.05. The van der Waals surface area contributed by atoms with Gasteiger partial charge >= 0.3 is 0 Å². The van der Waals surface area contributed by atoms with Crippen LogP contribution in [0.3, 0.4) is 0 Å². The predicted octanol–water partition coefficient (Wildman–Crippen LogP) is -1.95. The number of hydrogen-bond acceptors (Lipinski definition) is 5. The number of benzene rings is 1. The first kappa shape index (κ1) is 16.2. The first-order valence-corrected chi connectivity index (χ1v) is 8.35. The minimum Gasteiger partial charge on any atom is -1.00 e.